The number of hydrogen-bond acceptors (Lipinski definition) is 2. The monoisotopic (exact) mass is 170 g/mol. The van der Waals surface area contributed by atoms with E-state index in [9.17, 15) is 4.79 Å². The SMILES string of the molecule is CC(NC(=O)CCCN)C1CC1. The van der Waals surface area contributed by atoms with Crippen LogP contribution in [0.4, 0.5) is 0 Å². The summed E-state index contributed by atoms with van der Waals surface area (Å²) in [6.07, 6.45) is 3.92. The van der Waals surface area contributed by atoms with Crippen molar-refractivity contribution in [3.8, 4) is 0 Å². The lowest BCUT2D eigenvalue weighted by atomic mass is 10.2. The summed E-state index contributed by atoms with van der Waals surface area (Å²) in [5.74, 6) is 0.895. The third-order valence-electron chi connectivity index (χ3n) is 2.33. The van der Waals surface area contributed by atoms with Crippen LogP contribution in [0.1, 0.15) is 32.6 Å². The molecule has 0 aromatic heterocycles. The van der Waals surface area contributed by atoms with Crippen LogP contribution in [-0.2, 0) is 4.79 Å². The standard InChI is InChI=1S/C9H18N2O/c1-7(8-4-5-8)11-9(12)3-2-6-10/h7-8H,2-6,10H2,1H3,(H,11,12). The molecule has 0 saturated heterocycles. The van der Waals surface area contributed by atoms with E-state index in [1.165, 1.54) is 12.8 Å². The van der Waals surface area contributed by atoms with E-state index >= 15 is 0 Å². The van der Waals surface area contributed by atoms with Gasteiger partial charge in [-0.2, -0.15) is 0 Å². The van der Waals surface area contributed by atoms with E-state index in [2.05, 4.69) is 12.2 Å². The number of hydrogen-bond donors (Lipinski definition) is 2. The van der Waals surface area contributed by atoms with Gasteiger partial charge in [0.25, 0.3) is 0 Å². The molecule has 0 heterocycles. The first-order chi connectivity index (χ1) is 5.74. The number of nitrogens with two attached hydrogens (primary N) is 1. The van der Waals surface area contributed by atoms with Gasteiger partial charge >= 0.3 is 0 Å². The zero-order valence-corrected chi connectivity index (χ0v) is 7.68. The van der Waals surface area contributed by atoms with Crippen LogP contribution in [-0.4, -0.2) is 18.5 Å². The highest BCUT2D eigenvalue weighted by Crippen LogP contribution is 2.32. The molecule has 1 atom stereocenters. The highest BCUT2D eigenvalue weighted by molar-refractivity contribution is 5.76. The molecule has 1 rings (SSSR count). The molecule has 0 aromatic carbocycles. The van der Waals surface area contributed by atoms with Crippen molar-refractivity contribution in [3.05, 3.63) is 0 Å². The lowest BCUT2D eigenvalue weighted by Crippen LogP contribution is -2.34. The number of nitrogens with one attached hydrogen (secondary N) is 1. The summed E-state index contributed by atoms with van der Waals surface area (Å²) in [6, 6.07) is 0.371. The molecule has 1 amide bonds. The Morgan fingerprint density at radius 2 is 2.33 bits per heavy atom. The molecule has 0 bridgehead atoms. The quantitative estimate of drug-likeness (QED) is 0.636. The molecule has 0 spiro atoms. The van der Waals surface area contributed by atoms with Gasteiger partial charge in [-0.1, -0.05) is 0 Å². The largest absolute Gasteiger partial charge is 0.353 e. The Labute approximate surface area is 73.7 Å². The first kappa shape index (κ1) is 9.52. The van der Waals surface area contributed by atoms with Crippen LogP contribution in [0, 0.1) is 5.92 Å². The number of carbonyl (C=O) groups excluding carboxylic acids is 1. The van der Waals surface area contributed by atoms with E-state index in [-0.39, 0.29) is 5.91 Å². The fraction of sp³-hybridized carbons (Fsp3) is 0.889. The van der Waals surface area contributed by atoms with Crippen molar-refractivity contribution in [2.75, 3.05) is 6.54 Å². The summed E-state index contributed by atoms with van der Waals surface area (Å²) in [5.41, 5.74) is 5.30. The zero-order chi connectivity index (χ0) is 8.97. The first-order valence-electron chi connectivity index (χ1n) is 4.73. The molecule has 0 aromatic rings. The van der Waals surface area contributed by atoms with Crippen LogP contribution >= 0.6 is 0 Å². The molecule has 1 fully saturated rings. The predicted molar refractivity (Wildman–Crippen MR) is 48.6 cm³/mol. The average molecular weight is 170 g/mol. The van der Waals surface area contributed by atoms with E-state index in [0.717, 1.165) is 12.3 Å². The van der Waals surface area contributed by atoms with Crippen LogP contribution in [0.5, 0.6) is 0 Å². The molecule has 70 valence electrons. The summed E-state index contributed by atoms with van der Waals surface area (Å²) in [4.78, 5) is 11.2. The average Bonchev–Trinajstić information content (AvgIpc) is 2.82. The molecule has 0 aliphatic heterocycles. The summed E-state index contributed by atoms with van der Waals surface area (Å²) in [5, 5.41) is 2.98. The molecule has 3 heteroatoms. The van der Waals surface area contributed by atoms with E-state index in [1.54, 1.807) is 0 Å². The fourth-order valence-corrected chi connectivity index (χ4v) is 1.30. The Balaban J connectivity index is 2.07. The van der Waals surface area contributed by atoms with Crippen molar-refractivity contribution < 1.29 is 4.79 Å². The molecule has 3 N–H and O–H groups in total. The van der Waals surface area contributed by atoms with Gasteiger partial charge in [-0.05, 0) is 38.6 Å². The normalized spacial score (nSPS) is 18.8. The van der Waals surface area contributed by atoms with E-state index in [4.69, 9.17) is 5.73 Å². The van der Waals surface area contributed by atoms with Crippen LogP contribution in [0.15, 0.2) is 0 Å². The number of amides is 1. The third-order valence-corrected chi connectivity index (χ3v) is 2.33. The molecule has 12 heavy (non-hydrogen) atoms. The fourth-order valence-electron chi connectivity index (χ4n) is 1.30. The van der Waals surface area contributed by atoms with Crippen LogP contribution in [0.3, 0.4) is 0 Å². The minimum atomic E-state index is 0.153. The summed E-state index contributed by atoms with van der Waals surface area (Å²) < 4.78 is 0. The Bertz CT molecular complexity index is 155. The van der Waals surface area contributed by atoms with Crippen molar-refractivity contribution in [3.63, 3.8) is 0 Å². The third kappa shape index (κ3) is 3.22. The Morgan fingerprint density at radius 3 is 2.83 bits per heavy atom. The van der Waals surface area contributed by atoms with Gasteiger partial charge in [-0.3, -0.25) is 4.79 Å². The van der Waals surface area contributed by atoms with Crippen LogP contribution in [0.25, 0.3) is 0 Å². The van der Waals surface area contributed by atoms with E-state index in [1.807, 2.05) is 0 Å². The summed E-state index contributed by atoms with van der Waals surface area (Å²) >= 11 is 0. The maximum Gasteiger partial charge on any atom is 0.220 e. The van der Waals surface area contributed by atoms with Crippen molar-refractivity contribution in [2.45, 2.75) is 38.6 Å². The van der Waals surface area contributed by atoms with Gasteiger partial charge in [0.1, 0.15) is 0 Å². The second-order valence-electron chi connectivity index (χ2n) is 3.59. The molecule has 3 nitrogen and oxygen atoms in total. The van der Waals surface area contributed by atoms with Gasteiger partial charge in [-0.15, -0.1) is 0 Å². The molecule has 0 radical (unpaired) electrons. The van der Waals surface area contributed by atoms with Crippen molar-refractivity contribution in [2.24, 2.45) is 11.7 Å². The lowest BCUT2D eigenvalue weighted by Gasteiger charge is -2.11. The van der Waals surface area contributed by atoms with Crippen molar-refractivity contribution in [1.29, 1.82) is 0 Å². The molecule has 1 saturated carbocycles. The topological polar surface area (TPSA) is 55.1 Å². The minimum absolute atomic E-state index is 0.153. The Morgan fingerprint density at radius 1 is 1.67 bits per heavy atom. The first-order valence-corrected chi connectivity index (χ1v) is 4.73. The van der Waals surface area contributed by atoms with Crippen LogP contribution in [0.2, 0.25) is 0 Å². The van der Waals surface area contributed by atoms with E-state index < -0.39 is 0 Å². The zero-order valence-electron chi connectivity index (χ0n) is 7.68. The van der Waals surface area contributed by atoms with Gasteiger partial charge in [0.05, 0.1) is 0 Å². The Kier molecular flexibility index (Phi) is 3.53. The molecular weight excluding hydrogens is 152 g/mol. The lowest BCUT2D eigenvalue weighted by molar-refractivity contribution is -0.121. The van der Waals surface area contributed by atoms with Gasteiger partial charge in [0.2, 0.25) is 5.91 Å². The summed E-state index contributed by atoms with van der Waals surface area (Å²) in [6.45, 7) is 2.68. The van der Waals surface area contributed by atoms with Gasteiger partial charge in [0.15, 0.2) is 0 Å². The maximum atomic E-state index is 11.2. The second-order valence-corrected chi connectivity index (χ2v) is 3.59. The molecule has 1 unspecified atom stereocenters. The second kappa shape index (κ2) is 4.45. The molecular formula is C9H18N2O. The summed E-state index contributed by atoms with van der Waals surface area (Å²) in [7, 11) is 0. The molecule has 1 aliphatic rings. The van der Waals surface area contributed by atoms with Crippen molar-refractivity contribution in [1.82, 2.24) is 5.32 Å². The van der Waals surface area contributed by atoms with Gasteiger partial charge < -0.3 is 11.1 Å². The smallest absolute Gasteiger partial charge is 0.220 e. The highest BCUT2D eigenvalue weighted by Gasteiger charge is 2.28. The number of carbonyl (C=O) groups is 1. The van der Waals surface area contributed by atoms with Gasteiger partial charge in [-0.25, -0.2) is 0 Å². The predicted octanol–water partition coefficient (Wildman–Crippen LogP) is 0.640. The highest BCUT2D eigenvalue weighted by atomic mass is 16.1. The molecule has 1 aliphatic carbocycles. The van der Waals surface area contributed by atoms with Crippen molar-refractivity contribution >= 4 is 5.91 Å². The Hall–Kier alpha value is -0.570. The van der Waals surface area contributed by atoms with Crippen LogP contribution < -0.4 is 11.1 Å². The number of rotatable bonds is 5. The van der Waals surface area contributed by atoms with E-state index in [0.29, 0.717) is 19.0 Å². The maximum absolute atomic E-state index is 11.2. The minimum Gasteiger partial charge on any atom is -0.353 e. The van der Waals surface area contributed by atoms with Gasteiger partial charge in [0, 0.05) is 12.5 Å².